The Morgan fingerprint density at radius 3 is 2.02 bits per heavy atom. The fourth-order valence-electron chi connectivity index (χ4n) is 5.15. The molecular weight excluding hydrogens is 602 g/mol. The Morgan fingerprint density at radius 2 is 1.46 bits per heavy atom. The number of nitrogens with one attached hydrogen (secondary N) is 3. The molecule has 46 heavy (non-hydrogen) atoms. The Bertz CT molecular complexity index is 1430. The number of carboxylic acid groups (broad SMARTS) is 1. The quantitative estimate of drug-likeness (QED) is 0.231. The Morgan fingerprint density at radius 1 is 0.870 bits per heavy atom. The van der Waals surface area contributed by atoms with Crippen LogP contribution in [0.5, 0.6) is 0 Å². The third-order valence-corrected chi connectivity index (χ3v) is 7.84. The number of Topliss-reactive ketones (excluding diaryl/α,β-unsaturated/α-hetero) is 1. The predicted octanol–water partition coefficient (Wildman–Crippen LogP) is 2.83. The maximum absolute atomic E-state index is 15.1. The Balaban J connectivity index is 1.68. The molecule has 1 heterocycles. The number of alkyl halides is 2. The first kappa shape index (κ1) is 35.8. The van der Waals surface area contributed by atoms with Crippen LogP contribution in [0, 0.1) is 11.8 Å². The van der Waals surface area contributed by atoms with E-state index in [0.717, 1.165) is 5.56 Å². The van der Waals surface area contributed by atoms with Crippen molar-refractivity contribution in [1.29, 1.82) is 0 Å². The number of halogens is 2. The predicted molar refractivity (Wildman–Crippen MR) is 164 cm³/mol. The molecule has 2 aromatic rings. The third kappa shape index (κ3) is 8.73. The fourth-order valence-corrected chi connectivity index (χ4v) is 5.15. The van der Waals surface area contributed by atoms with E-state index in [9.17, 15) is 28.8 Å². The van der Waals surface area contributed by atoms with Gasteiger partial charge in [-0.15, -0.1) is 0 Å². The van der Waals surface area contributed by atoms with Crippen LogP contribution in [-0.4, -0.2) is 82.5 Å². The highest BCUT2D eigenvalue weighted by atomic mass is 19.3. The fraction of sp³-hybridized carbons (Fsp3) is 0.455. The molecule has 4 amide bonds. The lowest BCUT2D eigenvalue weighted by molar-refractivity contribution is -0.161. The average molecular weight is 643 g/mol. The smallest absolute Gasteiger partial charge is 0.383 e. The van der Waals surface area contributed by atoms with Gasteiger partial charge in [-0.05, 0) is 60.9 Å². The first-order valence-electron chi connectivity index (χ1n) is 15.1. The van der Waals surface area contributed by atoms with E-state index in [2.05, 4.69) is 16.0 Å². The van der Waals surface area contributed by atoms with E-state index in [1.165, 1.54) is 43.0 Å². The van der Waals surface area contributed by atoms with E-state index < -0.39 is 71.3 Å². The molecule has 1 aliphatic rings. The van der Waals surface area contributed by atoms with Crippen LogP contribution in [-0.2, 0) is 25.6 Å². The van der Waals surface area contributed by atoms with Crippen molar-refractivity contribution in [3.63, 3.8) is 0 Å². The molecule has 3 rings (SSSR count). The molecule has 1 aliphatic heterocycles. The minimum absolute atomic E-state index is 0.0152. The summed E-state index contributed by atoms with van der Waals surface area (Å²) in [7, 11) is 0. The molecule has 0 radical (unpaired) electrons. The molecule has 3 atom stereocenters. The van der Waals surface area contributed by atoms with Crippen LogP contribution >= 0.6 is 0 Å². The largest absolute Gasteiger partial charge is 0.478 e. The molecule has 0 aromatic heterocycles. The second-order valence-electron chi connectivity index (χ2n) is 11.9. The summed E-state index contributed by atoms with van der Waals surface area (Å²) in [4.78, 5) is 77.6. The summed E-state index contributed by atoms with van der Waals surface area (Å²) in [5.41, 5.74) is 0.926. The molecule has 1 unspecified atom stereocenters. The van der Waals surface area contributed by atoms with Gasteiger partial charge in [0.1, 0.15) is 12.1 Å². The number of amides is 4. The zero-order valence-electron chi connectivity index (χ0n) is 26.2. The van der Waals surface area contributed by atoms with Gasteiger partial charge in [-0.3, -0.25) is 24.0 Å². The third-order valence-electron chi connectivity index (χ3n) is 7.84. The molecular formula is C33H40F2N4O7. The Hall–Kier alpha value is -4.68. The van der Waals surface area contributed by atoms with Crippen LogP contribution in [0.25, 0.3) is 0 Å². The molecule has 0 spiro atoms. The number of nitrogens with zero attached hydrogens (tertiary/aromatic N) is 1. The minimum Gasteiger partial charge on any atom is -0.478 e. The number of hydrogen-bond acceptors (Lipinski definition) is 6. The standard InChI is InChI=1S/C33H40F2N4O7/c1-19(2)25(27(40)33(34,35)32(46)36-17-16-21-9-6-5-7-10-21)37-29(42)24-11-8-18-39(24)30(43)26(20(3)4)38-28(41)22-12-14-23(15-13-22)31(44)45/h5-7,9-10,12-15,19-20,24-26H,8,11,16-18H2,1-4H3,(H,36,46)(H,37,42)(H,38,41)(H,44,45)/t24-,25?,26-/m0/s1. The summed E-state index contributed by atoms with van der Waals surface area (Å²) in [5.74, 6) is -12.3. The molecule has 13 heteroatoms. The van der Waals surface area contributed by atoms with Crippen molar-refractivity contribution >= 4 is 35.4 Å². The number of aromatic carboxylic acids is 1. The molecule has 248 valence electrons. The van der Waals surface area contributed by atoms with Crippen molar-refractivity contribution in [2.75, 3.05) is 13.1 Å². The lowest BCUT2D eigenvalue weighted by Crippen LogP contribution is -2.60. The highest BCUT2D eigenvalue weighted by molar-refractivity contribution is 6.10. The molecule has 0 aliphatic carbocycles. The van der Waals surface area contributed by atoms with Crippen LogP contribution in [0.15, 0.2) is 54.6 Å². The summed E-state index contributed by atoms with van der Waals surface area (Å²) in [5, 5.41) is 16.2. The van der Waals surface area contributed by atoms with Gasteiger partial charge < -0.3 is 26.0 Å². The van der Waals surface area contributed by atoms with Crippen LogP contribution < -0.4 is 16.0 Å². The second kappa shape index (κ2) is 15.5. The van der Waals surface area contributed by atoms with Gasteiger partial charge >= 0.3 is 11.9 Å². The van der Waals surface area contributed by atoms with Gasteiger partial charge in [-0.1, -0.05) is 58.0 Å². The van der Waals surface area contributed by atoms with Crippen molar-refractivity contribution in [2.24, 2.45) is 11.8 Å². The van der Waals surface area contributed by atoms with Crippen molar-refractivity contribution in [3.05, 3.63) is 71.3 Å². The monoisotopic (exact) mass is 642 g/mol. The topological polar surface area (TPSA) is 162 Å². The summed E-state index contributed by atoms with van der Waals surface area (Å²) < 4.78 is 30.1. The van der Waals surface area contributed by atoms with Gasteiger partial charge in [0.25, 0.3) is 11.8 Å². The van der Waals surface area contributed by atoms with Gasteiger partial charge in [0.2, 0.25) is 17.6 Å². The second-order valence-corrected chi connectivity index (χ2v) is 11.9. The zero-order valence-corrected chi connectivity index (χ0v) is 26.2. The number of rotatable bonds is 14. The minimum atomic E-state index is -4.42. The van der Waals surface area contributed by atoms with E-state index in [4.69, 9.17) is 5.11 Å². The molecule has 11 nitrogen and oxygen atoms in total. The van der Waals surface area contributed by atoms with Gasteiger partial charge in [0.05, 0.1) is 11.6 Å². The van der Waals surface area contributed by atoms with Crippen LogP contribution in [0.1, 0.15) is 66.8 Å². The highest BCUT2D eigenvalue weighted by Crippen LogP contribution is 2.24. The number of carbonyl (C=O) groups is 6. The summed E-state index contributed by atoms with van der Waals surface area (Å²) in [6.07, 6.45) is 0.892. The lowest BCUT2D eigenvalue weighted by Gasteiger charge is -2.32. The lowest BCUT2D eigenvalue weighted by atomic mass is 9.94. The molecule has 2 aromatic carbocycles. The highest BCUT2D eigenvalue weighted by Gasteiger charge is 2.51. The first-order valence-corrected chi connectivity index (χ1v) is 15.1. The Kier molecular flexibility index (Phi) is 12.1. The zero-order chi connectivity index (χ0) is 34.2. The van der Waals surface area contributed by atoms with Crippen molar-refractivity contribution < 1.29 is 42.7 Å². The van der Waals surface area contributed by atoms with Crippen LogP contribution in [0.3, 0.4) is 0 Å². The maximum atomic E-state index is 15.1. The van der Waals surface area contributed by atoms with E-state index in [1.807, 2.05) is 0 Å². The maximum Gasteiger partial charge on any atom is 0.383 e. The summed E-state index contributed by atoms with van der Waals surface area (Å²) in [6.45, 7) is 6.34. The number of hydrogen-bond donors (Lipinski definition) is 4. The number of ketones is 1. The van der Waals surface area contributed by atoms with Crippen molar-refractivity contribution in [3.8, 4) is 0 Å². The summed E-state index contributed by atoms with van der Waals surface area (Å²) >= 11 is 0. The summed E-state index contributed by atoms with van der Waals surface area (Å²) in [6, 6.07) is 10.2. The van der Waals surface area contributed by atoms with Crippen LogP contribution in [0.4, 0.5) is 8.78 Å². The van der Waals surface area contributed by atoms with Crippen LogP contribution in [0.2, 0.25) is 0 Å². The number of carbonyl (C=O) groups excluding carboxylic acids is 5. The average Bonchev–Trinajstić information content (AvgIpc) is 3.52. The van der Waals surface area contributed by atoms with E-state index in [0.29, 0.717) is 6.42 Å². The van der Waals surface area contributed by atoms with Gasteiger partial charge in [-0.25, -0.2) is 4.79 Å². The van der Waals surface area contributed by atoms with Gasteiger partial charge in [0, 0.05) is 18.7 Å². The normalized spacial score (nSPS) is 16.1. The SMILES string of the molecule is CC(C)C(NC(=O)[C@@H]1CCCN1C(=O)[C@@H](NC(=O)c1ccc(C(=O)O)cc1)C(C)C)C(=O)C(F)(F)C(=O)NCCc1ccccc1. The molecule has 4 N–H and O–H groups in total. The van der Waals surface area contributed by atoms with Crippen molar-refractivity contribution in [1.82, 2.24) is 20.9 Å². The molecule has 1 fully saturated rings. The van der Waals surface area contributed by atoms with E-state index in [-0.39, 0.29) is 37.1 Å². The molecule has 0 saturated carbocycles. The number of carboxylic acids is 1. The van der Waals surface area contributed by atoms with Gasteiger partial charge in [-0.2, -0.15) is 8.78 Å². The molecule has 0 bridgehead atoms. The van der Waals surface area contributed by atoms with E-state index >= 15 is 8.78 Å². The number of likely N-dealkylation sites (tertiary alicyclic amines) is 1. The number of benzene rings is 2. The Labute approximate surface area is 266 Å². The van der Waals surface area contributed by atoms with E-state index in [1.54, 1.807) is 44.2 Å². The van der Waals surface area contributed by atoms with Gasteiger partial charge in [0.15, 0.2) is 0 Å². The first-order chi connectivity index (χ1) is 21.6. The molecule has 1 saturated heterocycles. The van der Waals surface area contributed by atoms with Crippen molar-refractivity contribution in [2.45, 2.75) is 71.0 Å².